The molecule has 3 rings (SSSR count). The van der Waals surface area contributed by atoms with Crippen LogP contribution >= 0.6 is 11.8 Å². The zero-order valence-electron chi connectivity index (χ0n) is 12.9. The van der Waals surface area contributed by atoms with E-state index >= 15 is 0 Å². The Labute approximate surface area is 144 Å². The first-order valence-corrected chi connectivity index (χ1v) is 8.49. The Morgan fingerprint density at radius 1 is 1.00 bits per heavy atom. The van der Waals surface area contributed by atoms with E-state index in [0.29, 0.717) is 5.56 Å². The lowest BCUT2D eigenvalue weighted by atomic mass is 10.1. The number of esters is 1. The minimum atomic E-state index is -0.252. The molecule has 118 valence electrons. The van der Waals surface area contributed by atoms with Gasteiger partial charge in [-0.25, -0.2) is 0 Å². The first kappa shape index (κ1) is 16.1. The lowest BCUT2D eigenvalue weighted by molar-refractivity contribution is -0.141. The zero-order chi connectivity index (χ0) is 16.8. The van der Waals surface area contributed by atoms with Gasteiger partial charge in [-0.15, -0.1) is 11.8 Å². The normalized spacial score (nSPS) is 10.3. The number of nitrogens with zero attached hydrogens (tertiary/aromatic N) is 1. The van der Waals surface area contributed by atoms with Crippen LogP contribution in [-0.2, 0) is 16.1 Å². The topological polar surface area (TPSA) is 50.1 Å². The van der Waals surface area contributed by atoms with Crippen molar-refractivity contribution in [1.82, 2.24) is 0 Å². The van der Waals surface area contributed by atoms with Crippen LogP contribution in [0.15, 0.2) is 71.6 Å². The van der Waals surface area contributed by atoms with Gasteiger partial charge in [0.2, 0.25) is 0 Å². The van der Waals surface area contributed by atoms with E-state index in [-0.39, 0.29) is 18.3 Å². The summed E-state index contributed by atoms with van der Waals surface area (Å²) in [6.45, 7) is 0.225. The van der Waals surface area contributed by atoms with E-state index in [2.05, 4.69) is 30.3 Å². The summed E-state index contributed by atoms with van der Waals surface area (Å²) < 4.78 is 5.27. The molecule has 3 aromatic carbocycles. The van der Waals surface area contributed by atoms with Crippen LogP contribution in [0.25, 0.3) is 10.8 Å². The molecule has 0 spiro atoms. The van der Waals surface area contributed by atoms with Crippen LogP contribution in [0.4, 0.5) is 0 Å². The van der Waals surface area contributed by atoms with Gasteiger partial charge in [0.15, 0.2) is 0 Å². The fourth-order valence-electron chi connectivity index (χ4n) is 2.28. The monoisotopic (exact) mass is 333 g/mol. The maximum absolute atomic E-state index is 11.9. The average Bonchev–Trinajstić information content (AvgIpc) is 2.65. The van der Waals surface area contributed by atoms with Crippen LogP contribution in [0.1, 0.15) is 11.1 Å². The Morgan fingerprint density at radius 3 is 2.50 bits per heavy atom. The highest BCUT2D eigenvalue weighted by Crippen LogP contribution is 2.23. The summed E-state index contributed by atoms with van der Waals surface area (Å²) in [7, 11) is 0. The number of benzene rings is 3. The van der Waals surface area contributed by atoms with Crippen LogP contribution < -0.4 is 0 Å². The largest absolute Gasteiger partial charge is 0.460 e. The van der Waals surface area contributed by atoms with Gasteiger partial charge < -0.3 is 4.74 Å². The molecule has 0 amide bonds. The highest BCUT2D eigenvalue weighted by molar-refractivity contribution is 8.00. The summed E-state index contributed by atoms with van der Waals surface area (Å²) in [5.41, 5.74) is 1.47. The highest BCUT2D eigenvalue weighted by atomic mass is 32.2. The predicted molar refractivity (Wildman–Crippen MR) is 95.6 cm³/mol. The van der Waals surface area contributed by atoms with Crippen LogP contribution in [-0.4, -0.2) is 11.7 Å². The molecule has 0 unspecified atom stereocenters. The van der Waals surface area contributed by atoms with Gasteiger partial charge in [0.05, 0.1) is 17.4 Å². The number of hydrogen-bond acceptors (Lipinski definition) is 4. The number of hydrogen-bond donors (Lipinski definition) is 0. The number of nitriles is 1. The second-order valence-electron chi connectivity index (χ2n) is 5.27. The second-order valence-corrected chi connectivity index (χ2v) is 6.32. The van der Waals surface area contributed by atoms with Gasteiger partial charge in [-0.05, 0) is 40.6 Å². The number of rotatable bonds is 5. The van der Waals surface area contributed by atoms with Crippen molar-refractivity contribution in [3.05, 3.63) is 77.9 Å². The minimum absolute atomic E-state index is 0.225. The average molecular weight is 333 g/mol. The van der Waals surface area contributed by atoms with Crippen LogP contribution in [0.5, 0.6) is 0 Å². The number of thioether (sulfide) groups is 1. The van der Waals surface area contributed by atoms with E-state index in [1.807, 2.05) is 18.2 Å². The fraction of sp³-hybridized carbons (Fsp3) is 0.100. The molecule has 0 fully saturated rings. The molecular formula is C20H15NO2S. The Kier molecular flexibility index (Phi) is 5.15. The predicted octanol–water partition coefficient (Wildman–Crippen LogP) is 4.55. The maximum Gasteiger partial charge on any atom is 0.316 e. The molecular weight excluding hydrogens is 318 g/mol. The van der Waals surface area contributed by atoms with E-state index in [9.17, 15) is 4.79 Å². The molecule has 0 radical (unpaired) electrons. The SMILES string of the molecule is N#Cc1ccc(COC(=O)CSc2ccc3ccccc3c2)cc1. The van der Waals surface area contributed by atoms with Gasteiger partial charge >= 0.3 is 5.97 Å². The van der Waals surface area contributed by atoms with E-state index in [4.69, 9.17) is 10.00 Å². The van der Waals surface area contributed by atoms with E-state index < -0.39 is 0 Å². The summed E-state index contributed by atoms with van der Waals surface area (Å²) in [5, 5.41) is 11.1. The molecule has 0 aliphatic heterocycles. The fourth-order valence-corrected chi connectivity index (χ4v) is 3.02. The molecule has 0 N–H and O–H groups in total. The van der Waals surface area contributed by atoms with Crippen molar-refractivity contribution in [3.8, 4) is 6.07 Å². The lowest BCUT2D eigenvalue weighted by Crippen LogP contribution is -2.07. The standard InChI is InChI=1S/C20H15NO2S/c21-12-15-5-7-16(8-6-15)13-23-20(22)14-24-19-10-9-17-3-1-2-4-18(17)11-19/h1-11H,13-14H2. The number of ether oxygens (including phenoxy) is 1. The van der Waals surface area contributed by atoms with Crippen LogP contribution in [0.2, 0.25) is 0 Å². The number of carbonyl (C=O) groups excluding carboxylic acids is 1. The van der Waals surface area contributed by atoms with Gasteiger partial charge in [0, 0.05) is 4.90 Å². The molecule has 0 aliphatic carbocycles. The third kappa shape index (κ3) is 4.15. The Balaban J connectivity index is 1.51. The molecule has 0 saturated heterocycles. The van der Waals surface area contributed by atoms with Crippen molar-refractivity contribution in [1.29, 1.82) is 5.26 Å². The van der Waals surface area contributed by atoms with E-state index in [0.717, 1.165) is 15.8 Å². The molecule has 0 heterocycles. The third-order valence-electron chi connectivity index (χ3n) is 3.56. The Hall–Kier alpha value is -2.77. The van der Waals surface area contributed by atoms with Crippen molar-refractivity contribution in [2.75, 3.05) is 5.75 Å². The Bertz CT molecular complexity index is 897. The summed E-state index contributed by atoms with van der Waals surface area (Å²) in [6.07, 6.45) is 0. The van der Waals surface area contributed by atoms with Gasteiger partial charge in [-0.2, -0.15) is 5.26 Å². The maximum atomic E-state index is 11.9. The van der Waals surface area contributed by atoms with Gasteiger partial charge in [0.1, 0.15) is 6.61 Å². The molecule has 3 nitrogen and oxygen atoms in total. The molecule has 0 atom stereocenters. The second kappa shape index (κ2) is 7.67. The third-order valence-corrected chi connectivity index (χ3v) is 4.53. The van der Waals surface area contributed by atoms with Crippen LogP contribution in [0, 0.1) is 11.3 Å². The smallest absolute Gasteiger partial charge is 0.316 e. The molecule has 0 aromatic heterocycles. The number of carbonyl (C=O) groups is 1. The first-order chi connectivity index (χ1) is 11.7. The molecule has 24 heavy (non-hydrogen) atoms. The van der Waals surface area contributed by atoms with E-state index in [1.54, 1.807) is 24.3 Å². The molecule has 3 aromatic rings. The zero-order valence-corrected chi connectivity index (χ0v) is 13.8. The summed E-state index contributed by atoms with van der Waals surface area (Å²) in [6, 6.07) is 23.4. The Morgan fingerprint density at radius 2 is 1.75 bits per heavy atom. The summed E-state index contributed by atoms with van der Waals surface area (Å²) in [5.74, 6) is 0.0201. The van der Waals surface area contributed by atoms with Crippen molar-refractivity contribution < 1.29 is 9.53 Å². The van der Waals surface area contributed by atoms with Gasteiger partial charge in [-0.1, -0.05) is 42.5 Å². The number of fused-ring (bicyclic) bond motifs is 1. The van der Waals surface area contributed by atoms with Gasteiger partial charge in [0.25, 0.3) is 0 Å². The first-order valence-electron chi connectivity index (χ1n) is 7.51. The summed E-state index contributed by atoms with van der Waals surface area (Å²) in [4.78, 5) is 12.9. The van der Waals surface area contributed by atoms with Crippen molar-refractivity contribution in [3.63, 3.8) is 0 Å². The molecule has 0 aliphatic rings. The van der Waals surface area contributed by atoms with Gasteiger partial charge in [-0.3, -0.25) is 4.79 Å². The van der Waals surface area contributed by atoms with Crippen molar-refractivity contribution >= 4 is 28.5 Å². The highest BCUT2D eigenvalue weighted by Gasteiger charge is 2.06. The minimum Gasteiger partial charge on any atom is -0.460 e. The lowest BCUT2D eigenvalue weighted by Gasteiger charge is -2.06. The van der Waals surface area contributed by atoms with E-state index in [1.165, 1.54) is 17.1 Å². The molecule has 4 heteroatoms. The van der Waals surface area contributed by atoms with Crippen LogP contribution in [0.3, 0.4) is 0 Å². The van der Waals surface area contributed by atoms with Crippen molar-refractivity contribution in [2.45, 2.75) is 11.5 Å². The molecule has 0 bridgehead atoms. The summed E-state index contributed by atoms with van der Waals surface area (Å²) >= 11 is 1.47. The molecule has 0 saturated carbocycles. The van der Waals surface area contributed by atoms with Crippen molar-refractivity contribution in [2.24, 2.45) is 0 Å². The quantitative estimate of drug-likeness (QED) is 0.508.